The van der Waals surface area contributed by atoms with Gasteiger partial charge in [-0.05, 0) is 94.1 Å². The highest BCUT2D eigenvalue weighted by atomic mass is 32.2. The van der Waals surface area contributed by atoms with Crippen LogP contribution in [0.25, 0.3) is 10.9 Å². The van der Waals surface area contributed by atoms with Crippen LogP contribution in [0.2, 0.25) is 0 Å². The largest absolute Gasteiger partial charge is 0.419 e. The van der Waals surface area contributed by atoms with Crippen LogP contribution < -0.4 is 15.5 Å². The number of amides is 3. The zero-order chi connectivity index (χ0) is 36.6. The van der Waals surface area contributed by atoms with Crippen molar-refractivity contribution in [2.24, 2.45) is 13.0 Å². The number of hydrogen-bond acceptors (Lipinski definition) is 9. The van der Waals surface area contributed by atoms with Crippen LogP contribution in [-0.2, 0) is 28.2 Å². The van der Waals surface area contributed by atoms with Gasteiger partial charge in [0.2, 0.25) is 11.9 Å². The molecule has 0 aliphatic carbocycles. The lowest BCUT2D eigenvalue weighted by Crippen LogP contribution is -2.51. The maximum atomic E-state index is 13.6. The minimum absolute atomic E-state index is 0.101. The number of hydrogen-bond donors (Lipinski definition) is 2. The summed E-state index contributed by atoms with van der Waals surface area (Å²) in [5, 5.41) is 10.9. The van der Waals surface area contributed by atoms with Gasteiger partial charge >= 0.3 is 12.2 Å². The van der Waals surface area contributed by atoms with Crippen LogP contribution in [0.1, 0.15) is 68.4 Å². The van der Waals surface area contributed by atoms with Gasteiger partial charge in [0.05, 0.1) is 11.1 Å². The molecule has 7 rings (SSSR count). The first-order valence-electron chi connectivity index (χ1n) is 18.1. The summed E-state index contributed by atoms with van der Waals surface area (Å²) < 4.78 is 70.7. The Hall–Kier alpha value is -3.87. The number of likely N-dealkylation sites (tertiary alicyclic amines) is 1. The molecule has 282 valence electrons. The maximum Gasteiger partial charge on any atom is 0.419 e. The lowest BCUT2D eigenvalue weighted by Gasteiger charge is -2.39. The Morgan fingerprint density at radius 2 is 1.67 bits per heavy atom. The van der Waals surface area contributed by atoms with Crippen molar-refractivity contribution in [3.05, 3.63) is 41.7 Å². The molecule has 3 aromatic rings. The Morgan fingerprint density at radius 3 is 2.37 bits per heavy atom. The van der Waals surface area contributed by atoms with Crippen molar-refractivity contribution < 1.29 is 31.2 Å². The number of halogens is 3. The number of carbonyl (C=O) groups excluding carboxylic acids is 2. The molecule has 0 spiro atoms. The normalized spacial score (nSPS) is 22.6. The van der Waals surface area contributed by atoms with E-state index in [2.05, 4.69) is 42.7 Å². The molecule has 0 radical (unpaired) electrons. The lowest BCUT2D eigenvalue weighted by molar-refractivity contribution is -0.138. The highest BCUT2D eigenvalue weighted by molar-refractivity contribution is 7.86. The first-order valence-corrected chi connectivity index (χ1v) is 19.5. The molecule has 52 heavy (non-hydrogen) atoms. The molecule has 0 bridgehead atoms. The summed E-state index contributed by atoms with van der Waals surface area (Å²) in [5.41, 5.74) is 1.29. The van der Waals surface area contributed by atoms with Crippen LogP contribution in [0.15, 0.2) is 30.6 Å². The van der Waals surface area contributed by atoms with E-state index in [-0.39, 0.29) is 24.3 Å². The molecule has 2 N–H and O–H groups in total. The molecular formula is C34H45F3N10O4S. The molecular weight excluding hydrogens is 702 g/mol. The van der Waals surface area contributed by atoms with E-state index in [4.69, 9.17) is 0 Å². The minimum atomic E-state index is -4.50. The lowest BCUT2D eigenvalue weighted by atomic mass is 9.88. The number of imide groups is 1. The molecule has 4 saturated heterocycles. The van der Waals surface area contributed by atoms with Gasteiger partial charge in [-0.3, -0.25) is 19.7 Å². The van der Waals surface area contributed by atoms with Crippen molar-refractivity contribution in [1.82, 2.24) is 38.6 Å². The predicted octanol–water partition coefficient (Wildman–Crippen LogP) is 3.93. The van der Waals surface area contributed by atoms with Crippen LogP contribution in [0, 0.1) is 5.92 Å². The number of nitrogens with zero attached hydrogens (tertiary/aromatic N) is 8. The third kappa shape index (κ3) is 7.89. The molecule has 14 nitrogen and oxygen atoms in total. The molecule has 1 unspecified atom stereocenters. The van der Waals surface area contributed by atoms with Gasteiger partial charge in [-0.2, -0.15) is 35.3 Å². The van der Waals surface area contributed by atoms with Crippen LogP contribution in [0.5, 0.6) is 0 Å². The van der Waals surface area contributed by atoms with Gasteiger partial charge in [0.1, 0.15) is 0 Å². The van der Waals surface area contributed by atoms with Crippen LogP contribution in [0.3, 0.4) is 0 Å². The van der Waals surface area contributed by atoms with E-state index >= 15 is 0 Å². The fourth-order valence-electron chi connectivity index (χ4n) is 7.93. The average molecular weight is 747 g/mol. The predicted molar refractivity (Wildman–Crippen MR) is 188 cm³/mol. The Morgan fingerprint density at radius 1 is 0.942 bits per heavy atom. The SMILES string of the molecule is Cn1nc(N2CCC(=O)NC2=O)c2ccc(C3CCN(CCC4CCCN(S(=O)(=O)N5CCC(Nc6ncc(C(F)(F)F)cn6)CC5)C4)CC3)cc21. The molecule has 18 heteroatoms. The topological polar surface area (TPSA) is 149 Å². The average Bonchev–Trinajstić information content (AvgIpc) is 3.46. The number of fused-ring (bicyclic) bond motifs is 1. The Kier molecular flexibility index (Phi) is 10.4. The van der Waals surface area contributed by atoms with Crippen molar-refractivity contribution in [2.75, 3.05) is 62.6 Å². The quantitative estimate of drug-likeness (QED) is 0.332. The monoisotopic (exact) mass is 746 g/mol. The highest BCUT2D eigenvalue weighted by Gasteiger charge is 2.37. The smallest absolute Gasteiger partial charge is 0.351 e. The summed E-state index contributed by atoms with van der Waals surface area (Å²) >= 11 is 0. The summed E-state index contributed by atoms with van der Waals surface area (Å²) in [7, 11) is -1.75. The van der Waals surface area contributed by atoms with Gasteiger partial charge in [-0.1, -0.05) is 6.07 Å². The summed E-state index contributed by atoms with van der Waals surface area (Å²) in [5.74, 6) is 1.09. The zero-order valence-electron chi connectivity index (χ0n) is 29.2. The molecule has 1 atom stereocenters. The Bertz CT molecular complexity index is 1870. The molecule has 4 fully saturated rings. The van der Waals surface area contributed by atoms with Crippen molar-refractivity contribution >= 4 is 44.8 Å². The summed E-state index contributed by atoms with van der Waals surface area (Å²) in [6.07, 6.45) is 3.06. The van der Waals surface area contributed by atoms with Crippen molar-refractivity contribution in [3.63, 3.8) is 0 Å². The van der Waals surface area contributed by atoms with E-state index in [1.807, 2.05) is 13.1 Å². The first kappa shape index (κ1) is 36.5. The third-order valence-corrected chi connectivity index (χ3v) is 13.0. The molecule has 4 aliphatic heterocycles. The van der Waals surface area contributed by atoms with Gasteiger partial charge in [-0.15, -0.1) is 0 Å². The van der Waals surface area contributed by atoms with Gasteiger partial charge < -0.3 is 10.2 Å². The standard InChI is InChI=1S/C34H45F3N10O4S/c1-43-29-19-25(4-5-28(29)31(42-43)47-18-11-30(48)41-33(47)49)24-7-14-44(15-8-24)13-6-23-3-2-12-46(22-23)52(50,51)45-16-9-27(10-17-45)40-32-38-20-26(21-39-32)34(35,36)37/h4-5,19-21,23-24,27H,2-3,6-18,22H2,1H3,(H,38,39,40)(H,41,48,49). The molecule has 0 saturated carbocycles. The van der Waals surface area contributed by atoms with Crippen LogP contribution >= 0.6 is 0 Å². The van der Waals surface area contributed by atoms with Gasteiger partial charge in [0, 0.05) is 70.0 Å². The number of nitrogens with one attached hydrogen (secondary N) is 2. The second kappa shape index (κ2) is 14.9. The van der Waals surface area contributed by atoms with Crippen LogP contribution in [-0.4, -0.2) is 112 Å². The van der Waals surface area contributed by atoms with Crippen molar-refractivity contribution in [1.29, 1.82) is 0 Å². The fraction of sp³-hybridized carbons (Fsp3) is 0.618. The van der Waals surface area contributed by atoms with E-state index in [0.29, 0.717) is 63.2 Å². The zero-order valence-corrected chi connectivity index (χ0v) is 30.0. The van der Waals surface area contributed by atoms with Gasteiger partial charge in [-0.25, -0.2) is 14.8 Å². The number of piperidine rings is 3. The Balaban J connectivity index is 0.865. The molecule has 3 amide bonds. The van der Waals surface area contributed by atoms with Crippen molar-refractivity contribution in [2.45, 2.75) is 69.5 Å². The molecule has 1 aromatic carbocycles. The molecule has 4 aliphatic rings. The number of aromatic nitrogens is 4. The second-order valence-electron chi connectivity index (χ2n) is 14.4. The van der Waals surface area contributed by atoms with Gasteiger partial charge in [0.15, 0.2) is 5.82 Å². The number of aryl methyl sites for hydroxylation is 1. The first-order chi connectivity index (χ1) is 24.8. The number of urea groups is 1. The van der Waals surface area contributed by atoms with E-state index in [0.717, 1.165) is 75.0 Å². The molecule has 6 heterocycles. The maximum absolute atomic E-state index is 13.6. The summed E-state index contributed by atoms with van der Waals surface area (Å²) in [4.78, 5) is 35.6. The number of rotatable bonds is 9. The van der Waals surface area contributed by atoms with E-state index in [1.54, 1.807) is 8.99 Å². The molecule has 2 aromatic heterocycles. The van der Waals surface area contributed by atoms with E-state index in [1.165, 1.54) is 14.8 Å². The summed E-state index contributed by atoms with van der Waals surface area (Å²) in [6.45, 7) is 4.84. The number of anilines is 2. The highest BCUT2D eigenvalue weighted by Crippen LogP contribution is 2.34. The van der Waals surface area contributed by atoms with Crippen molar-refractivity contribution in [3.8, 4) is 0 Å². The fourth-order valence-corrected chi connectivity index (χ4v) is 9.69. The van der Waals surface area contributed by atoms with E-state index < -0.39 is 28.0 Å². The number of carbonyl (C=O) groups is 2. The van der Waals surface area contributed by atoms with Crippen LogP contribution in [0.4, 0.5) is 29.7 Å². The van der Waals surface area contributed by atoms with E-state index in [9.17, 15) is 31.2 Å². The third-order valence-electron chi connectivity index (χ3n) is 11.0. The van der Waals surface area contributed by atoms with Gasteiger partial charge in [0.25, 0.3) is 10.2 Å². The number of benzene rings is 1. The number of alkyl halides is 3. The Labute approximate surface area is 300 Å². The summed E-state index contributed by atoms with van der Waals surface area (Å²) in [6, 6.07) is 5.76. The minimum Gasteiger partial charge on any atom is -0.351 e. The second-order valence-corrected chi connectivity index (χ2v) is 16.3.